The lowest BCUT2D eigenvalue weighted by molar-refractivity contribution is 0.306. The van der Waals surface area contributed by atoms with Gasteiger partial charge in [0.25, 0.3) is 0 Å². The van der Waals surface area contributed by atoms with E-state index < -0.39 is 0 Å². The molecule has 1 aliphatic heterocycles. The first-order valence-corrected chi connectivity index (χ1v) is 7.27. The molecule has 3 N–H and O–H groups in total. The van der Waals surface area contributed by atoms with Gasteiger partial charge < -0.3 is 10.4 Å². The number of fused-ring (bicyclic) bond motifs is 1. The number of hydrogen-bond acceptors (Lipinski definition) is 3. The minimum atomic E-state index is -0.0183. The van der Waals surface area contributed by atoms with Crippen LogP contribution >= 0.6 is 11.6 Å². The highest BCUT2D eigenvalue weighted by Gasteiger charge is 2.17. The molecule has 0 spiro atoms. The first-order chi connectivity index (χ1) is 10.8. The molecule has 3 rings (SSSR count). The summed E-state index contributed by atoms with van der Waals surface area (Å²) in [5, 5.41) is 17.2. The fraction of sp³-hybridized carbons (Fsp3) is 0.125. The number of anilines is 1. The molecule has 0 aromatic heterocycles. The van der Waals surface area contributed by atoms with Gasteiger partial charge in [-0.05, 0) is 18.2 Å². The van der Waals surface area contributed by atoms with Crippen LogP contribution in [0, 0.1) is 0 Å². The Morgan fingerprint density at radius 1 is 1.14 bits per heavy atom. The number of benzene rings is 2. The Hall–Kier alpha value is -2.37. The van der Waals surface area contributed by atoms with Gasteiger partial charge in [0.2, 0.25) is 5.96 Å². The van der Waals surface area contributed by atoms with Gasteiger partial charge in [-0.25, -0.2) is 10.4 Å². The van der Waals surface area contributed by atoms with E-state index in [0.717, 1.165) is 22.5 Å². The molecule has 0 bridgehead atoms. The second-order valence-corrected chi connectivity index (χ2v) is 5.14. The van der Waals surface area contributed by atoms with Gasteiger partial charge in [-0.2, -0.15) is 5.10 Å². The van der Waals surface area contributed by atoms with E-state index in [1.165, 1.54) is 0 Å². The monoisotopic (exact) mass is 314 g/mol. The molecule has 1 heterocycles. The van der Waals surface area contributed by atoms with Crippen LogP contribution in [0.4, 0.5) is 5.69 Å². The van der Waals surface area contributed by atoms with Crippen LogP contribution in [0.15, 0.2) is 58.6 Å². The zero-order chi connectivity index (χ0) is 15.4. The van der Waals surface area contributed by atoms with E-state index in [4.69, 9.17) is 16.7 Å². The molecule has 0 fully saturated rings. The van der Waals surface area contributed by atoms with Crippen LogP contribution in [0.3, 0.4) is 0 Å². The number of nitrogens with one attached hydrogen (secondary N) is 2. The summed E-state index contributed by atoms with van der Waals surface area (Å²) in [6.45, 7) is 0.282. The van der Waals surface area contributed by atoms with Crippen molar-refractivity contribution in [2.75, 3.05) is 18.5 Å². The van der Waals surface area contributed by atoms with Gasteiger partial charge in [-0.15, -0.1) is 0 Å². The number of aliphatic hydroxyl groups excluding tert-OH is 1. The molecule has 0 atom stereocenters. The van der Waals surface area contributed by atoms with Crippen molar-refractivity contribution < 1.29 is 5.11 Å². The van der Waals surface area contributed by atoms with Gasteiger partial charge in [-0.1, -0.05) is 41.9 Å². The summed E-state index contributed by atoms with van der Waals surface area (Å²) in [4.78, 5) is 4.22. The fourth-order valence-electron chi connectivity index (χ4n) is 2.20. The second-order valence-electron chi connectivity index (χ2n) is 4.71. The largest absolute Gasteiger partial charge is 0.394 e. The quantitative estimate of drug-likeness (QED) is 0.815. The molecule has 5 nitrogen and oxygen atoms in total. The van der Waals surface area contributed by atoms with E-state index in [9.17, 15) is 0 Å². The Morgan fingerprint density at radius 3 is 2.73 bits per heavy atom. The van der Waals surface area contributed by atoms with E-state index in [-0.39, 0.29) is 6.61 Å². The van der Waals surface area contributed by atoms with Crippen LogP contribution in [-0.2, 0) is 0 Å². The Kier molecular flexibility index (Phi) is 4.37. The standard InChI is InChI=1S/C16H15ClN4O/c17-12-6-7-14-13(10-12)15(11-4-2-1-3-5-11)20-21-16(19-14)18-8-9-22/h1-7,10,22H,8-9H2,(H2,18,19,21). The molecule has 112 valence electrons. The van der Waals surface area contributed by atoms with Crippen molar-refractivity contribution in [3.05, 3.63) is 64.7 Å². The van der Waals surface area contributed by atoms with Gasteiger partial charge in [0.1, 0.15) is 0 Å². The topological polar surface area (TPSA) is 69.0 Å². The number of hydrazone groups is 1. The summed E-state index contributed by atoms with van der Waals surface area (Å²) in [5.41, 5.74) is 6.40. The molecule has 2 aromatic rings. The van der Waals surface area contributed by atoms with Crippen molar-refractivity contribution in [2.45, 2.75) is 0 Å². The predicted molar refractivity (Wildman–Crippen MR) is 89.7 cm³/mol. The summed E-state index contributed by atoms with van der Waals surface area (Å²) in [6, 6.07) is 15.4. The maximum Gasteiger partial charge on any atom is 0.216 e. The third-order valence-electron chi connectivity index (χ3n) is 3.18. The van der Waals surface area contributed by atoms with Gasteiger partial charge in [0.15, 0.2) is 0 Å². The van der Waals surface area contributed by atoms with Crippen molar-refractivity contribution in [2.24, 2.45) is 10.1 Å². The molecule has 1 aliphatic rings. The molecule has 0 saturated carbocycles. The van der Waals surface area contributed by atoms with Crippen LogP contribution in [0.5, 0.6) is 0 Å². The zero-order valence-electron chi connectivity index (χ0n) is 11.8. The molecule has 0 unspecified atom stereocenters. The van der Waals surface area contributed by atoms with Crippen LogP contribution in [0.1, 0.15) is 11.1 Å². The van der Waals surface area contributed by atoms with E-state index >= 15 is 0 Å². The molecule has 2 aromatic carbocycles. The number of aliphatic hydroxyl groups is 1. The van der Waals surface area contributed by atoms with E-state index in [1.54, 1.807) is 0 Å². The first-order valence-electron chi connectivity index (χ1n) is 6.89. The summed E-state index contributed by atoms with van der Waals surface area (Å²) >= 11 is 6.14. The number of aliphatic imine (C=N–C) groups is 1. The summed E-state index contributed by atoms with van der Waals surface area (Å²) in [7, 11) is 0. The van der Waals surface area contributed by atoms with E-state index in [1.807, 2.05) is 48.5 Å². The third-order valence-corrected chi connectivity index (χ3v) is 3.42. The highest BCUT2D eigenvalue weighted by molar-refractivity contribution is 6.31. The Bertz CT molecular complexity index is 728. The van der Waals surface area contributed by atoms with Crippen LogP contribution in [0.2, 0.25) is 5.02 Å². The first kappa shape index (κ1) is 14.6. The molecule has 0 amide bonds. The minimum Gasteiger partial charge on any atom is -0.394 e. The van der Waals surface area contributed by atoms with Crippen molar-refractivity contribution in [1.82, 2.24) is 5.43 Å². The highest BCUT2D eigenvalue weighted by atomic mass is 35.5. The number of rotatable bonds is 3. The summed E-state index contributed by atoms with van der Waals surface area (Å²) < 4.78 is 0. The Balaban J connectivity index is 2.09. The SMILES string of the molecule is OCCN=C1NN=C(c2ccccc2)c2cc(Cl)ccc2N1. The number of guanidine groups is 1. The van der Waals surface area contributed by atoms with E-state index in [2.05, 4.69) is 20.8 Å². The Morgan fingerprint density at radius 2 is 1.95 bits per heavy atom. The second kappa shape index (κ2) is 6.60. The average molecular weight is 315 g/mol. The average Bonchev–Trinajstić information content (AvgIpc) is 2.73. The normalized spacial score (nSPS) is 15.4. The number of hydrogen-bond donors (Lipinski definition) is 3. The van der Waals surface area contributed by atoms with Crippen molar-refractivity contribution in [3.63, 3.8) is 0 Å². The van der Waals surface area contributed by atoms with Crippen LogP contribution in [-0.4, -0.2) is 29.9 Å². The highest BCUT2D eigenvalue weighted by Crippen LogP contribution is 2.25. The third kappa shape index (κ3) is 3.10. The number of halogens is 1. The van der Waals surface area contributed by atoms with Crippen molar-refractivity contribution in [1.29, 1.82) is 0 Å². The maximum absolute atomic E-state index is 8.91. The van der Waals surface area contributed by atoms with Crippen molar-refractivity contribution >= 4 is 29.0 Å². The predicted octanol–water partition coefficient (Wildman–Crippen LogP) is 2.46. The maximum atomic E-state index is 8.91. The van der Waals surface area contributed by atoms with Gasteiger partial charge in [-0.3, -0.25) is 0 Å². The summed E-state index contributed by atoms with van der Waals surface area (Å²) in [5.74, 6) is 0.489. The zero-order valence-corrected chi connectivity index (χ0v) is 12.5. The lowest BCUT2D eigenvalue weighted by atomic mass is 10.0. The van der Waals surface area contributed by atoms with Crippen LogP contribution < -0.4 is 10.7 Å². The van der Waals surface area contributed by atoms with E-state index in [0.29, 0.717) is 17.5 Å². The molecular weight excluding hydrogens is 300 g/mol. The number of nitrogens with zero attached hydrogens (tertiary/aromatic N) is 2. The minimum absolute atomic E-state index is 0.0183. The molecule has 0 radical (unpaired) electrons. The molecule has 0 saturated heterocycles. The molecule has 22 heavy (non-hydrogen) atoms. The molecular formula is C16H15ClN4O. The summed E-state index contributed by atoms with van der Waals surface area (Å²) in [6.07, 6.45) is 0. The molecule has 0 aliphatic carbocycles. The van der Waals surface area contributed by atoms with Gasteiger partial charge in [0.05, 0.1) is 24.6 Å². The van der Waals surface area contributed by atoms with Gasteiger partial charge in [0, 0.05) is 16.1 Å². The Labute approximate surface area is 133 Å². The lowest BCUT2D eigenvalue weighted by Gasteiger charge is -2.10. The lowest BCUT2D eigenvalue weighted by Crippen LogP contribution is -2.26. The van der Waals surface area contributed by atoms with Gasteiger partial charge >= 0.3 is 0 Å². The fourth-order valence-corrected chi connectivity index (χ4v) is 2.37. The van der Waals surface area contributed by atoms with Crippen LogP contribution in [0.25, 0.3) is 0 Å². The molecule has 6 heteroatoms. The van der Waals surface area contributed by atoms with Crippen molar-refractivity contribution in [3.8, 4) is 0 Å². The smallest absolute Gasteiger partial charge is 0.216 e.